The minimum absolute atomic E-state index is 0.154. The molecule has 3 nitrogen and oxygen atoms in total. The van der Waals surface area contributed by atoms with Gasteiger partial charge in [-0.05, 0) is 58.6 Å². The van der Waals surface area contributed by atoms with Crippen molar-refractivity contribution in [3.63, 3.8) is 0 Å². The van der Waals surface area contributed by atoms with Gasteiger partial charge in [0, 0.05) is 4.90 Å². The van der Waals surface area contributed by atoms with Gasteiger partial charge in [-0.2, -0.15) is 0 Å². The molecule has 0 saturated heterocycles. The third-order valence-electron chi connectivity index (χ3n) is 3.95. The molecule has 0 aliphatic carbocycles. The fourth-order valence-electron chi connectivity index (χ4n) is 2.74. The van der Waals surface area contributed by atoms with E-state index in [1.54, 1.807) is 12.1 Å². The van der Waals surface area contributed by atoms with Crippen molar-refractivity contribution in [1.29, 1.82) is 0 Å². The maximum absolute atomic E-state index is 10.9. The van der Waals surface area contributed by atoms with E-state index in [1.165, 1.54) is 17.6 Å². The number of ether oxygens (including phenoxy) is 1. The largest absolute Gasteiger partial charge is 0.768 e. The fourth-order valence-corrected chi connectivity index (χ4v) is 3.10. The van der Waals surface area contributed by atoms with E-state index in [4.69, 9.17) is 4.74 Å². The standard InChI is InChI=1S/C22H22BO3S/c1-22(2,3)23-18-8-4-16(5-9-18)17-6-10-19(11-7-17)26-20-12-14-21(15-13-20)27(24)25/h4-15H,1-3H3,(H,24,25)/p-1. The second-order valence-electron chi connectivity index (χ2n) is 7.46. The zero-order valence-electron chi connectivity index (χ0n) is 15.6. The van der Waals surface area contributed by atoms with Gasteiger partial charge in [0.25, 0.3) is 0 Å². The van der Waals surface area contributed by atoms with Crippen molar-refractivity contribution in [2.45, 2.75) is 31.0 Å². The van der Waals surface area contributed by atoms with Crippen molar-refractivity contribution in [3.8, 4) is 22.6 Å². The summed E-state index contributed by atoms with van der Waals surface area (Å²) in [4.78, 5) is 0.241. The summed E-state index contributed by atoms with van der Waals surface area (Å²) in [6.45, 7) is 6.56. The Balaban J connectivity index is 1.68. The highest BCUT2D eigenvalue weighted by atomic mass is 32.2. The molecule has 1 unspecified atom stereocenters. The first-order valence-electron chi connectivity index (χ1n) is 8.74. The van der Waals surface area contributed by atoms with Gasteiger partial charge < -0.3 is 9.29 Å². The van der Waals surface area contributed by atoms with Gasteiger partial charge in [-0.1, -0.05) is 67.9 Å². The Kier molecular flexibility index (Phi) is 5.83. The highest BCUT2D eigenvalue weighted by Gasteiger charge is 2.13. The molecule has 0 bridgehead atoms. The van der Waals surface area contributed by atoms with Crippen molar-refractivity contribution in [1.82, 2.24) is 0 Å². The van der Waals surface area contributed by atoms with Gasteiger partial charge in [-0.25, -0.2) is 0 Å². The van der Waals surface area contributed by atoms with E-state index in [2.05, 4.69) is 52.3 Å². The van der Waals surface area contributed by atoms with Crippen LogP contribution in [0.3, 0.4) is 0 Å². The van der Waals surface area contributed by atoms with Crippen LogP contribution in [0.15, 0.2) is 77.7 Å². The Morgan fingerprint density at radius 3 is 1.67 bits per heavy atom. The lowest BCUT2D eigenvalue weighted by molar-refractivity contribution is 0.482. The highest BCUT2D eigenvalue weighted by molar-refractivity contribution is 7.79. The molecule has 0 fully saturated rings. The molecule has 5 heteroatoms. The van der Waals surface area contributed by atoms with E-state index in [0.717, 1.165) is 11.1 Å². The van der Waals surface area contributed by atoms with Crippen LogP contribution in [0.5, 0.6) is 11.5 Å². The Bertz CT molecular complexity index is 912. The zero-order chi connectivity index (χ0) is 19.4. The highest BCUT2D eigenvalue weighted by Crippen LogP contribution is 2.26. The summed E-state index contributed by atoms with van der Waals surface area (Å²) in [5.41, 5.74) is 3.48. The Morgan fingerprint density at radius 1 is 0.778 bits per heavy atom. The van der Waals surface area contributed by atoms with E-state index in [0.29, 0.717) is 11.5 Å². The average molecular weight is 376 g/mol. The van der Waals surface area contributed by atoms with E-state index < -0.39 is 11.1 Å². The quantitative estimate of drug-likeness (QED) is 0.469. The Labute approximate surface area is 163 Å². The first kappa shape index (κ1) is 19.4. The summed E-state index contributed by atoms with van der Waals surface area (Å²) in [7, 11) is 2.25. The van der Waals surface area contributed by atoms with Crippen LogP contribution in [0, 0.1) is 0 Å². The first-order chi connectivity index (χ1) is 12.8. The van der Waals surface area contributed by atoms with Crippen LogP contribution in [-0.2, 0) is 11.1 Å². The molecular weight excluding hydrogens is 355 g/mol. The lowest BCUT2D eigenvalue weighted by atomic mass is 9.51. The van der Waals surface area contributed by atoms with Crippen LogP contribution in [0.2, 0.25) is 5.31 Å². The van der Waals surface area contributed by atoms with Gasteiger partial charge in [0.15, 0.2) is 7.28 Å². The van der Waals surface area contributed by atoms with Crippen LogP contribution in [0.25, 0.3) is 11.1 Å². The van der Waals surface area contributed by atoms with Crippen molar-refractivity contribution in [2.75, 3.05) is 0 Å². The average Bonchev–Trinajstić information content (AvgIpc) is 2.62. The van der Waals surface area contributed by atoms with E-state index >= 15 is 0 Å². The third kappa shape index (κ3) is 5.55. The smallest absolute Gasteiger partial charge is 0.157 e. The van der Waals surface area contributed by atoms with E-state index in [1.807, 2.05) is 24.3 Å². The number of benzene rings is 3. The molecule has 3 aromatic carbocycles. The normalized spacial score (nSPS) is 12.4. The second-order valence-corrected chi connectivity index (χ2v) is 8.41. The van der Waals surface area contributed by atoms with Crippen molar-refractivity contribution < 1.29 is 13.5 Å². The molecule has 0 saturated carbocycles. The maximum atomic E-state index is 10.9. The summed E-state index contributed by atoms with van der Waals surface area (Å²) in [5.74, 6) is 1.30. The van der Waals surface area contributed by atoms with Gasteiger partial charge in [0.1, 0.15) is 11.5 Å². The molecule has 3 rings (SSSR count). The zero-order valence-corrected chi connectivity index (χ0v) is 16.5. The molecule has 137 valence electrons. The summed E-state index contributed by atoms with van der Waals surface area (Å²) >= 11 is -2.22. The van der Waals surface area contributed by atoms with Gasteiger partial charge in [-0.3, -0.25) is 4.21 Å². The summed E-state index contributed by atoms with van der Waals surface area (Å²) in [6, 6.07) is 22.7. The maximum Gasteiger partial charge on any atom is 0.157 e. The van der Waals surface area contributed by atoms with Gasteiger partial charge in [0.2, 0.25) is 0 Å². The SMILES string of the molecule is CC(C)(C)[B]c1ccc(-c2ccc(Oc3ccc(S(=O)[O-])cc3)cc2)cc1. The first-order valence-corrected chi connectivity index (χ1v) is 9.81. The minimum atomic E-state index is -2.22. The molecule has 0 aliphatic rings. The van der Waals surface area contributed by atoms with Crippen LogP contribution in [-0.4, -0.2) is 16.0 Å². The van der Waals surface area contributed by atoms with Gasteiger partial charge in [0.05, 0.1) is 0 Å². The predicted octanol–water partition coefficient (Wildman–Crippen LogP) is 4.93. The molecular formula is C22H21BO3S-. The number of hydrogen-bond donors (Lipinski definition) is 0. The molecule has 1 atom stereocenters. The molecule has 0 aliphatic heterocycles. The van der Waals surface area contributed by atoms with Crippen LogP contribution in [0.4, 0.5) is 0 Å². The predicted molar refractivity (Wildman–Crippen MR) is 111 cm³/mol. The van der Waals surface area contributed by atoms with E-state index in [-0.39, 0.29) is 10.2 Å². The monoisotopic (exact) mass is 376 g/mol. The van der Waals surface area contributed by atoms with Gasteiger partial charge >= 0.3 is 0 Å². The summed E-state index contributed by atoms with van der Waals surface area (Å²) < 4.78 is 27.6. The molecule has 27 heavy (non-hydrogen) atoms. The third-order valence-corrected chi connectivity index (χ3v) is 4.61. The van der Waals surface area contributed by atoms with Crippen molar-refractivity contribution in [2.24, 2.45) is 0 Å². The fraction of sp³-hybridized carbons (Fsp3) is 0.182. The topological polar surface area (TPSA) is 49.4 Å². The van der Waals surface area contributed by atoms with Crippen LogP contribution in [0.1, 0.15) is 20.8 Å². The summed E-state index contributed by atoms with van der Waals surface area (Å²) in [5, 5.41) is 0.154. The molecule has 3 aromatic rings. The summed E-state index contributed by atoms with van der Waals surface area (Å²) in [6.07, 6.45) is 0. The van der Waals surface area contributed by atoms with Crippen molar-refractivity contribution >= 4 is 23.8 Å². The molecule has 0 aromatic heterocycles. The second kappa shape index (κ2) is 8.11. The van der Waals surface area contributed by atoms with E-state index in [9.17, 15) is 8.76 Å². The lowest BCUT2D eigenvalue weighted by Crippen LogP contribution is -2.22. The molecule has 0 spiro atoms. The van der Waals surface area contributed by atoms with Crippen LogP contribution >= 0.6 is 0 Å². The Hall–Kier alpha value is -2.37. The lowest BCUT2D eigenvalue weighted by Gasteiger charge is -2.16. The number of hydrogen-bond acceptors (Lipinski definition) is 3. The molecule has 0 heterocycles. The van der Waals surface area contributed by atoms with Gasteiger partial charge in [-0.15, -0.1) is 0 Å². The number of rotatable bonds is 5. The van der Waals surface area contributed by atoms with Crippen LogP contribution < -0.4 is 10.2 Å². The molecule has 0 amide bonds. The Morgan fingerprint density at radius 2 is 1.22 bits per heavy atom. The van der Waals surface area contributed by atoms with Crippen molar-refractivity contribution in [3.05, 3.63) is 72.8 Å². The molecule has 1 radical (unpaired) electrons. The minimum Gasteiger partial charge on any atom is -0.768 e. The molecule has 0 N–H and O–H groups in total.